The highest BCUT2D eigenvalue weighted by Crippen LogP contribution is 2.18. The number of amidine groups is 1. The molecule has 0 rings (SSSR count). The Balaban J connectivity index is 3.75. The van der Waals surface area contributed by atoms with Crippen LogP contribution in [0.25, 0.3) is 0 Å². The molecule has 0 spiro atoms. The predicted molar refractivity (Wildman–Crippen MR) is 26.5 cm³/mol. The number of halogens is 3. The molecule has 0 fully saturated rings. The highest BCUT2D eigenvalue weighted by atomic mass is 19.4. The number of hydrogen-bond acceptors (Lipinski definition) is 2. The summed E-state index contributed by atoms with van der Waals surface area (Å²) in [4.78, 5) is 0. The standard InChI is InChI=1S/C3H6F3N3/c4-3(5,6)1-2(7)9-8/h1,8H2,(H2,7,9). The van der Waals surface area contributed by atoms with Crippen molar-refractivity contribution in [2.45, 2.75) is 12.6 Å². The van der Waals surface area contributed by atoms with E-state index in [9.17, 15) is 13.2 Å². The lowest BCUT2D eigenvalue weighted by atomic mass is 10.4. The molecular weight excluding hydrogens is 135 g/mol. The summed E-state index contributed by atoms with van der Waals surface area (Å²) in [5.41, 5.74) is 4.66. The highest BCUT2D eigenvalue weighted by molar-refractivity contribution is 5.80. The molecule has 0 aliphatic rings. The van der Waals surface area contributed by atoms with Crippen LogP contribution in [0.1, 0.15) is 6.42 Å². The third-order valence-electron chi connectivity index (χ3n) is 0.547. The summed E-state index contributed by atoms with van der Waals surface area (Å²) in [5, 5.41) is 2.65. The summed E-state index contributed by atoms with van der Waals surface area (Å²) in [7, 11) is 0. The topological polar surface area (TPSA) is 64.4 Å². The SMILES string of the molecule is N/N=C(\N)CC(F)(F)F. The number of hydrazone groups is 1. The molecule has 0 saturated carbocycles. The van der Waals surface area contributed by atoms with Gasteiger partial charge in [-0.25, -0.2) is 0 Å². The maximum atomic E-state index is 11.3. The van der Waals surface area contributed by atoms with E-state index >= 15 is 0 Å². The second-order valence-corrected chi connectivity index (χ2v) is 1.41. The van der Waals surface area contributed by atoms with E-state index in [1.807, 2.05) is 0 Å². The van der Waals surface area contributed by atoms with E-state index in [1.54, 1.807) is 0 Å². The number of alkyl halides is 3. The van der Waals surface area contributed by atoms with Gasteiger partial charge in [-0.3, -0.25) is 0 Å². The van der Waals surface area contributed by atoms with Crippen molar-refractivity contribution in [3.63, 3.8) is 0 Å². The van der Waals surface area contributed by atoms with Gasteiger partial charge in [0.15, 0.2) is 0 Å². The largest absolute Gasteiger partial charge is 0.396 e. The molecule has 6 heteroatoms. The molecule has 0 bridgehead atoms. The van der Waals surface area contributed by atoms with Crippen molar-refractivity contribution < 1.29 is 13.2 Å². The summed E-state index contributed by atoms with van der Waals surface area (Å²) in [6.45, 7) is 0. The molecule has 0 unspecified atom stereocenters. The van der Waals surface area contributed by atoms with Crippen molar-refractivity contribution in [3.8, 4) is 0 Å². The third kappa shape index (κ3) is 4.92. The Kier molecular flexibility index (Phi) is 2.29. The molecule has 0 aromatic heterocycles. The average molecular weight is 141 g/mol. The zero-order valence-corrected chi connectivity index (χ0v) is 4.44. The smallest absolute Gasteiger partial charge is 0.385 e. The van der Waals surface area contributed by atoms with Crippen LogP contribution in [-0.2, 0) is 0 Å². The van der Waals surface area contributed by atoms with Crippen molar-refractivity contribution in [1.82, 2.24) is 0 Å². The van der Waals surface area contributed by atoms with Crippen molar-refractivity contribution in [2.75, 3.05) is 0 Å². The lowest BCUT2D eigenvalue weighted by Crippen LogP contribution is -2.23. The van der Waals surface area contributed by atoms with Gasteiger partial charge in [0, 0.05) is 0 Å². The predicted octanol–water partition coefficient (Wildman–Crippen LogP) is 0.170. The summed E-state index contributed by atoms with van der Waals surface area (Å²) < 4.78 is 33.8. The third-order valence-corrected chi connectivity index (χ3v) is 0.547. The summed E-state index contributed by atoms with van der Waals surface area (Å²) in [5.74, 6) is 3.83. The van der Waals surface area contributed by atoms with Gasteiger partial charge in [-0.1, -0.05) is 0 Å². The lowest BCUT2D eigenvalue weighted by Gasteiger charge is -2.02. The van der Waals surface area contributed by atoms with E-state index < -0.39 is 18.4 Å². The second-order valence-electron chi connectivity index (χ2n) is 1.41. The minimum absolute atomic E-state index is 0.609. The molecule has 9 heavy (non-hydrogen) atoms. The van der Waals surface area contributed by atoms with E-state index in [-0.39, 0.29) is 0 Å². The van der Waals surface area contributed by atoms with Crippen LogP contribution < -0.4 is 11.6 Å². The molecule has 54 valence electrons. The van der Waals surface area contributed by atoms with Crippen LogP contribution in [0, 0.1) is 0 Å². The van der Waals surface area contributed by atoms with E-state index in [4.69, 9.17) is 0 Å². The average Bonchev–Trinajstić information content (AvgIpc) is 1.62. The van der Waals surface area contributed by atoms with Crippen molar-refractivity contribution in [2.24, 2.45) is 16.7 Å². The minimum Gasteiger partial charge on any atom is -0.385 e. The lowest BCUT2D eigenvalue weighted by molar-refractivity contribution is -0.121. The minimum atomic E-state index is -4.31. The van der Waals surface area contributed by atoms with Gasteiger partial charge in [-0.15, -0.1) is 0 Å². The van der Waals surface area contributed by atoms with Crippen LogP contribution in [0.5, 0.6) is 0 Å². The maximum absolute atomic E-state index is 11.3. The summed E-state index contributed by atoms with van der Waals surface area (Å²) in [6, 6.07) is 0. The van der Waals surface area contributed by atoms with E-state index in [2.05, 4.69) is 16.7 Å². The van der Waals surface area contributed by atoms with Crippen molar-refractivity contribution in [3.05, 3.63) is 0 Å². The van der Waals surface area contributed by atoms with Gasteiger partial charge in [-0.05, 0) is 0 Å². The zero-order valence-electron chi connectivity index (χ0n) is 4.44. The highest BCUT2D eigenvalue weighted by Gasteiger charge is 2.28. The Labute approximate surface area is 49.5 Å². The number of rotatable bonds is 1. The van der Waals surface area contributed by atoms with E-state index in [1.165, 1.54) is 0 Å². The van der Waals surface area contributed by atoms with E-state index in [0.717, 1.165) is 0 Å². The Morgan fingerprint density at radius 3 is 2.00 bits per heavy atom. The quantitative estimate of drug-likeness (QED) is 0.236. The zero-order chi connectivity index (χ0) is 7.49. The van der Waals surface area contributed by atoms with Crippen LogP contribution in [0.2, 0.25) is 0 Å². The molecule has 0 saturated heterocycles. The Morgan fingerprint density at radius 1 is 1.44 bits per heavy atom. The number of nitrogens with two attached hydrogens (primary N) is 2. The normalized spacial score (nSPS) is 13.9. The first kappa shape index (κ1) is 8.06. The fourth-order valence-electron chi connectivity index (χ4n) is 0.251. The first-order valence-electron chi connectivity index (χ1n) is 2.04. The van der Waals surface area contributed by atoms with Gasteiger partial charge in [0.25, 0.3) is 0 Å². The second kappa shape index (κ2) is 2.56. The fourth-order valence-corrected chi connectivity index (χ4v) is 0.251. The van der Waals surface area contributed by atoms with E-state index in [0.29, 0.717) is 0 Å². The van der Waals surface area contributed by atoms with Crippen molar-refractivity contribution >= 4 is 5.84 Å². The molecule has 3 nitrogen and oxygen atoms in total. The molecular formula is C3H6F3N3. The Morgan fingerprint density at radius 2 is 1.89 bits per heavy atom. The molecule has 0 aromatic carbocycles. The molecule has 4 N–H and O–H groups in total. The van der Waals surface area contributed by atoms with Gasteiger partial charge in [0.2, 0.25) is 0 Å². The number of nitrogens with zero attached hydrogens (tertiary/aromatic N) is 1. The van der Waals surface area contributed by atoms with Crippen LogP contribution in [0.15, 0.2) is 5.10 Å². The summed E-state index contributed by atoms with van der Waals surface area (Å²) in [6.07, 6.45) is -5.56. The van der Waals surface area contributed by atoms with Crippen molar-refractivity contribution in [1.29, 1.82) is 0 Å². The molecule has 0 aliphatic carbocycles. The fraction of sp³-hybridized carbons (Fsp3) is 0.667. The van der Waals surface area contributed by atoms with Gasteiger partial charge >= 0.3 is 6.18 Å². The first-order chi connectivity index (χ1) is 3.95. The Bertz CT molecular complexity index is 116. The van der Waals surface area contributed by atoms with Crippen LogP contribution in [0.3, 0.4) is 0 Å². The molecule has 0 atom stereocenters. The Hall–Kier alpha value is -0.940. The van der Waals surface area contributed by atoms with Crippen LogP contribution in [0.4, 0.5) is 13.2 Å². The van der Waals surface area contributed by atoms with Gasteiger partial charge < -0.3 is 11.6 Å². The molecule has 0 amide bonds. The van der Waals surface area contributed by atoms with Gasteiger partial charge in [0.05, 0.1) is 0 Å². The van der Waals surface area contributed by atoms with Gasteiger partial charge in [-0.2, -0.15) is 18.3 Å². The molecule has 0 heterocycles. The monoisotopic (exact) mass is 141 g/mol. The first-order valence-corrected chi connectivity index (χ1v) is 2.04. The van der Waals surface area contributed by atoms with Crippen LogP contribution >= 0.6 is 0 Å². The molecule has 0 radical (unpaired) electrons. The maximum Gasteiger partial charge on any atom is 0.396 e. The molecule has 0 aliphatic heterocycles. The number of hydrogen-bond donors (Lipinski definition) is 2. The van der Waals surface area contributed by atoms with Gasteiger partial charge in [0.1, 0.15) is 12.3 Å². The molecule has 0 aromatic rings. The van der Waals surface area contributed by atoms with Crippen LogP contribution in [-0.4, -0.2) is 12.0 Å². The summed E-state index contributed by atoms with van der Waals surface area (Å²) >= 11 is 0.